The molecule has 0 atom stereocenters. The van der Waals surface area contributed by atoms with Crippen LogP contribution in [0.4, 0.5) is 17.3 Å². The number of carbonyl (C=O) groups is 1. The molecule has 0 unspecified atom stereocenters. The fourth-order valence-electron chi connectivity index (χ4n) is 4.90. The second-order valence-electron chi connectivity index (χ2n) is 9.26. The normalized spacial score (nSPS) is 13.5. The zero-order chi connectivity index (χ0) is 25.9. The number of hydrogen-bond acceptors (Lipinski definition) is 5. The Labute approximate surface area is 220 Å². The third-order valence-corrected chi connectivity index (χ3v) is 6.85. The molecule has 1 aliphatic heterocycles. The Balaban J connectivity index is 1.36. The molecule has 3 heterocycles. The molecule has 6 rings (SSSR count). The summed E-state index contributed by atoms with van der Waals surface area (Å²) in [5.41, 5.74) is 3.21. The van der Waals surface area contributed by atoms with Crippen molar-refractivity contribution in [2.24, 2.45) is 0 Å². The van der Waals surface area contributed by atoms with Crippen LogP contribution in [-0.4, -0.2) is 46.5 Å². The second-order valence-corrected chi connectivity index (χ2v) is 9.26. The van der Waals surface area contributed by atoms with Crippen molar-refractivity contribution in [1.82, 2.24) is 14.5 Å². The molecule has 1 fully saturated rings. The molecule has 0 bridgehead atoms. The van der Waals surface area contributed by atoms with Gasteiger partial charge in [-0.1, -0.05) is 54.6 Å². The molecule has 5 aromatic rings. The van der Waals surface area contributed by atoms with Gasteiger partial charge in [0.05, 0.1) is 10.9 Å². The number of amides is 1. The van der Waals surface area contributed by atoms with Gasteiger partial charge in [-0.2, -0.15) is 0 Å². The van der Waals surface area contributed by atoms with E-state index in [0.29, 0.717) is 42.9 Å². The predicted molar refractivity (Wildman–Crippen MR) is 152 cm³/mol. The molecule has 7 heteroatoms. The number of fused-ring (bicyclic) bond motifs is 1. The van der Waals surface area contributed by atoms with E-state index in [1.807, 2.05) is 102 Å². The topological polar surface area (TPSA) is 70.5 Å². The maximum Gasteiger partial charge on any atom is 0.253 e. The predicted octanol–water partition coefficient (Wildman–Crippen LogP) is 5.09. The van der Waals surface area contributed by atoms with Crippen LogP contribution in [0.25, 0.3) is 16.6 Å². The highest BCUT2D eigenvalue weighted by Crippen LogP contribution is 2.27. The van der Waals surface area contributed by atoms with E-state index in [9.17, 15) is 9.59 Å². The van der Waals surface area contributed by atoms with Crippen LogP contribution in [-0.2, 0) is 0 Å². The summed E-state index contributed by atoms with van der Waals surface area (Å²) in [6, 6.07) is 32.8. The lowest BCUT2D eigenvalue weighted by molar-refractivity contribution is 0.0746. The first-order valence-electron chi connectivity index (χ1n) is 12.7. The number of aromatic nitrogens is 2. The fraction of sp³-hybridized carbons (Fsp3) is 0.129. The summed E-state index contributed by atoms with van der Waals surface area (Å²) < 4.78 is 2.06. The molecule has 1 N–H and O–H groups in total. The minimum atomic E-state index is -0.0945. The summed E-state index contributed by atoms with van der Waals surface area (Å²) in [4.78, 5) is 34.8. The first-order valence-corrected chi connectivity index (χ1v) is 12.7. The molecule has 1 saturated heterocycles. The highest BCUT2D eigenvalue weighted by atomic mass is 16.2. The summed E-state index contributed by atoms with van der Waals surface area (Å²) in [6.07, 6.45) is 1.67. The summed E-state index contributed by atoms with van der Waals surface area (Å²) in [6.45, 7) is 2.53. The van der Waals surface area contributed by atoms with E-state index in [1.165, 1.54) is 0 Å². The van der Waals surface area contributed by atoms with Crippen LogP contribution in [0.15, 0.2) is 114 Å². The number of pyridine rings is 2. The number of piperazine rings is 1. The van der Waals surface area contributed by atoms with Crippen molar-refractivity contribution < 1.29 is 4.79 Å². The van der Waals surface area contributed by atoms with Gasteiger partial charge >= 0.3 is 0 Å². The van der Waals surface area contributed by atoms with Crippen molar-refractivity contribution in [3.8, 4) is 5.69 Å². The highest BCUT2D eigenvalue weighted by Gasteiger charge is 2.23. The lowest BCUT2D eigenvalue weighted by Gasteiger charge is -2.35. The van der Waals surface area contributed by atoms with Gasteiger partial charge in [-0.05, 0) is 36.4 Å². The van der Waals surface area contributed by atoms with Gasteiger partial charge in [0.25, 0.3) is 5.91 Å². The van der Waals surface area contributed by atoms with Crippen LogP contribution in [0.2, 0.25) is 0 Å². The first-order chi connectivity index (χ1) is 18.7. The van der Waals surface area contributed by atoms with Crippen molar-refractivity contribution in [2.75, 3.05) is 36.4 Å². The van der Waals surface area contributed by atoms with E-state index >= 15 is 0 Å². The zero-order valence-corrected chi connectivity index (χ0v) is 20.8. The maximum atomic E-state index is 13.2. The van der Waals surface area contributed by atoms with Gasteiger partial charge in [-0.3, -0.25) is 14.2 Å². The Morgan fingerprint density at radius 1 is 0.763 bits per heavy atom. The van der Waals surface area contributed by atoms with Gasteiger partial charge in [0.1, 0.15) is 11.6 Å². The van der Waals surface area contributed by atoms with Crippen LogP contribution in [0.5, 0.6) is 0 Å². The Hall–Kier alpha value is -4.91. The minimum absolute atomic E-state index is 0.0475. The minimum Gasteiger partial charge on any atom is -0.353 e. The van der Waals surface area contributed by atoms with Gasteiger partial charge < -0.3 is 15.1 Å². The van der Waals surface area contributed by atoms with Gasteiger partial charge in [-0.25, -0.2) is 4.98 Å². The van der Waals surface area contributed by atoms with Crippen molar-refractivity contribution in [1.29, 1.82) is 0 Å². The van der Waals surface area contributed by atoms with Gasteiger partial charge in [-0.15, -0.1) is 0 Å². The molecule has 0 spiro atoms. The summed E-state index contributed by atoms with van der Waals surface area (Å²) in [5, 5.41) is 3.97. The molecule has 188 valence electrons. The van der Waals surface area contributed by atoms with Gasteiger partial charge in [0.2, 0.25) is 0 Å². The van der Waals surface area contributed by atoms with Crippen molar-refractivity contribution in [3.05, 3.63) is 125 Å². The fourth-order valence-corrected chi connectivity index (χ4v) is 4.90. The van der Waals surface area contributed by atoms with E-state index in [1.54, 1.807) is 12.3 Å². The molecule has 38 heavy (non-hydrogen) atoms. The molecule has 1 aliphatic rings. The molecule has 1 amide bonds. The highest BCUT2D eigenvalue weighted by molar-refractivity contribution is 5.94. The van der Waals surface area contributed by atoms with Crippen LogP contribution >= 0.6 is 0 Å². The van der Waals surface area contributed by atoms with E-state index in [4.69, 9.17) is 0 Å². The van der Waals surface area contributed by atoms with Crippen LogP contribution in [0, 0.1) is 0 Å². The molecule has 3 aromatic carbocycles. The molecule has 7 nitrogen and oxygen atoms in total. The summed E-state index contributed by atoms with van der Waals surface area (Å²) in [7, 11) is 0. The number of anilines is 3. The molecular formula is C31H27N5O2. The Kier molecular flexibility index (Phi) is 6.32. The SMILES string of the molecule is O=C(c1ccccc1)N1CCN(c2cc3c(cn2)c(=O)cc(Nc2ccccc2)n3-c2ccccc2)CC1. The van der Waals surface area contributed by atoms with Gasteiger partial charge in [0, 0.05) is 61.4 Å². The number of rotatable bonds is 5. The zero-order valence-electron chi connectivity index (χ0n) is 20.8. The smallest absolute Gasteiger partial charge is 0.253 e. The second kappa shape index (κ2) is 10.2. The number of nitrogens with one attached hydrogen (secondary N) is 1. The number of carbonyl (C=O) groups excluding carboxylic acids is 1. The number of nitrogens with zero attached hydrogens (tertiary/aromatic N) is 4. The van der Waals surface area contributed by atoms with Crippen molar-refractivity contribution in [2.45, 2.75) is 0 Å². The average Bonchev–Trinajstić information content (AvgIpc) is 2.98. The summed E-state index contributed by atoms with van der Waals surface area (Å²) in [5.74, 6) is 1.51. The summed E-state index contributed by atoms with van der Waals surface area (Å²) >= 11 is 0. The standard InChI is InChI=1S/C31H27N5O2/c37-28-21-30(33-24-12-6-2-7-13-24)36(25-14-8-3-9-15-25)27-20-29(32-22-26(27)28)34-16-18-35(19-17-34)31(38)23-10-4-1-5-11-23/h1-15,20-22,33H,16-19H2. The quantitative estimate of drug-likeness (QED) is 0.363. The first kappa shape index (κ1) is 23.5. The maximum absolute atomic E-state index is 13.2. The Morgan fingerprint density at radius 2 is 1.39 bits per heavy atom. The number of benzene rings is 3. The lowest BCUT2D eigenvalue weighted by atomic mass is 10.1. The van der Waals surface area contributed by atoms with Crippen LogP contribution in [0.1, 0.15) is 10.4 Å². The Morgan fingerprint density at radius 3 is 2.08 bits per heavy atom. The van der Waals surface area contributed by atoms with Crippen LogP contribution < -0.4 is 15.6 Å². The largest absolute Gasteiger partial charge is 0.353 e. The molecule has 0 aliphatic carbocycles. The Bertz CT molecular complexity index is 1630. The lowest BCUT2D eigenvalue weighted by Crippen LogP contribution is -2.49. The average molecular weight is 502 g/mol. The molecule has 0 radical (unpaired) electrons. The van der Waals surface area contributed by atoms with Gasteiger partial charge in [0.15, 0.2) is 5.43 Å². The number of para-hydroxylation sites is 2. The third-order valence-electron chi connectivity index (χ3n) is 6.85. The third kappa shape index (κ3) is 4.62. The van der Waals surface area contributed by atoms with E-state index in [0.717, 1.165) is 22.7 Å². The van der Waals surface area contributed by atoms with E-state index in [2.05, 4.69) is 19.8 Å². The number of hydrogen-bond donors (Lipinski definition) is 1. The van der Waals surface area contributed by atoms with E-state index < -0.39 is 0 Å². The van der Waals surface area contributed by atoms with Crippen molar-refractivity contribution in [3.63, 3.8) is 0 Å². The molecule has 0 saturated carbocycles. The van der Waals surface area contributed by atoms with Crippen molar-refractivity contribution >= 4 is 34.1 Å². The van der Waals surface area contributed by atoms with E-state index in [-0.39, 0.29) is 11.3 Å². The molecule has 2 aromatic heterocycles. The monoisotopic (exact) mass is 501 g/mol. The van der Waals surface area contributed by atoms with Crippen LogP contribution in [0.3, 0.4) is 0 Å². The molecular weight excluding hydrogens is 474 g/mol.